The lowest BCUT2D eigenvalue weighted by Crippen LogP contribution is -2.30. The molecule has 9 heteroatoms. The minimum absolute atomic E-state index is 0.118. The summed E-state index contributed by atoms with van der Waals surface area (Å²) in [6.07, 6.45) is 0.765. The maximum absolute atomic E-state index is 14.1. The molecule has 0 saturated carbocycles. The Hall–Kier alpha value is -2.63. The molecule has 0 saturated heterocycles. The van der Waals surface area contributed by atoms with Crippen LogP contribution in [0.5, 0.6) is 11.5 Å². The number of hydrogen-bond acceptors (Lipinski definition) is 5. The fraction of sp³-hybridized carbons (Fsp3) is 0.0667. The van der Waals surface area contributed by atoms with Gasteiger partial charge in [0.05, 0.1) is 22.4 Å². The average molecular weight is 369 g/mol. The molecule has 0 aliphatic heterocycles. The first-order valence-corrected chi connectivity index (χ1v) is 8.66. The zero-order valence-electron chi connectivity index (χ0n) is 12.2. The Morgan fingerprint density at radius 2 is 1.96 bits per heavy atom. The molecule has 24 heavy (non-hydrogen) atoms. The summed E-state index contributed by atoms with van der Waals surface area (Å²) in [6, 6.07) is 9.95. The third-order valence-corrected chi connectivity index (χ3v) is 3.62. The van der Waals surface area contributed by atoms with Crippen molar-refractivity contribution in [3.8, 4) is 17.6 Å². The van der Waals surface area contributed by atoms with E-state index in [1.165, 1.54) is 12.1 Å². The van der Waals surface area contributed by atoms with Crippen LogP contribution in [0.4, 0.5) is 4.39 Å². The first kappa shape index (κ1) is 17.7. The minimum atomic E-state index is -3.85. The molecule has 0 bridgehead atoms. The van der Waals surface area contributed by atoms with Crippen molar-refractivity contribution >= 4 is 27.5 Å². The number of halogens is 2. The number of carbonyl (C=O) groups is 1. The van der Waals surface area contributed by atoms with Crippen molar-refractivity contribution in [3.05, 3.63) is 58.4 Å². The van der Waals surface area contributed by atoms with Crippen LogP contribution in [0.15, 0.2) is 36.4 Å². The predicted octanol–water partition coefficient (Wildman–Crippen LogP) is 2.83. The van der Waals surface area contributed by atoms with Crippen LogP contribution in [0.2, 0.25) is 5.02 Å². The lowest BCUT2D eigenvalue weighted by molar-refractivity contribution is 0.0977. The Morgan fingerprint density at radius 3 is 2.58 bits per heavy atom. The second kappa shape index (κ2) is 6.86. The van der Waals surface area contributed by atoms with Crippen LogP contribution in [0.3, 0.4) is 0 Å². The summed E-state index contributed by atoms with van der Waals surface area (Å²) in [7, 11) is -3.85. The quantitative estimate of drug-likeness (QED) is 0.895. The van der Waals surface area contributed by atoms with Crippen LogP contribution in [-0.4, -0.2) is 20.6 Å². The van der Waals surface area contributed by atoms with Gasteiger partial charge in [0.2, 0.25) is 10.0 Å². The van der Waals surface area contributed by atoms with Crippen molar-refractivity contribution < 1.29 is 22.3 Å². The van der Waals surface area contributed by atoms with Crippen LogP contribution >= 0.6 is 11.6 Å². The van der Waals surface area contributed by atoms with Crippen LogP contribution in [0.1, 0.15) is 15.9 Å². The van der Waals surface area contributed by atoms with E-state index in [4.69, 9.17) is 21.6 Å². The highest BCUT2D eigenvalue weighted by Gasteiger charge is 2.19. The van der Waals surface area contributed by atoms with E-state index < -0.39 is 27.3 Å². The summed E-state index contributed by atoms with van der Waals surface area (Å²) in [5.41, 5.74) is -0.334. The molecule has 1 N–H and O–H groups in total. The van der Waals surface area contributed by atoms with Crippen molar-refractivity contribution in [3.63, 3.8) is 0 Å². The van der Waals surface area contributed by atoms with Crippen LogP contribution in [0.25, 0.3) is 0 Å². The van der Waals surface area contributed by atoms with Gasteiger partial charge in [-0.25, -0.2) is 17.5 Å². The first-order valence-electron chi connectivity index (χ1n) is 6.39. The van der Waals surface area contributed by atoms with Gasteiger partial charge in [0, 0.05) is 6.07 Å². The molecule has 1 amide bonds. The maximum atomic E-state index is 14.1. The SMILES string of the molecule is CS(=O)(=O)NC(=O)c1cc(Cl)c(Oc2ccccc2C#N)cc1F. The predicted molar refractivity (Wildman–Crippen MR) is 85.0 cm³/mol. The number of ether oxygens (including phenoxy) is 1. The molecule has 0 aromatic heterocycles. The number of benzene rings is 2. The number of amides is 1. The van der Waals surface area contributed by atoms with Crippen LogP contribution in [-0.2, 0) is 10.0 Å². The molecule has 0 aliphatic carbocycles. The zero-order chi connectivity index (χ0) is 17.9. The molecule has 0 atom stereocenters. The molecule has 2 rings (SSSR count). The van der Waals surface area contributed by atoms with E-state index in [9.17, 15) is 17.6 Å². The lowest BCUT2D eigenvalue weighted by Gasteiger charge is -2.11. The van der Waals surface area contributed by atoms with E-state index in [1.54, 1.807) is 16.9 Å². The Kier molecular flexibility index (Phi) is 5.07. The average Bonchev–Trinajstić information content (AvgIpc) is 2.49. The van der Waals surface area contributed by atoms with Crippen molar-refractivity contribution in [1.82, 2.24) is 4.72 Å². The van der Waals surface area contributed by atoms with Gasteiger partial charge in [0.25, 0.3) is 5.91 Å². The highest BCUT2D eigenvalue weighted by Crippen LogP contribution is 2.33. The normalized spacial score (nSPS) is 10.8. The molecule has 0 aliphatic rings. The fourth-order valence-corrected chi connectivity index (χ4v) is 2.42. The van der Waals surface area contributed by atoms with Gasteiger partial charge < -0.3 is 4.74 Å². The number of carbonyl (C=O) groups excluding carboxylic acids is 1. The molecule has 2 aromatic carbocycles. The van der Waals surface area contributed by atoms with Crippen molar-refractivity contribution in [2.24, 2.45) is 0 Å². The molecule has 0 fully saturated rings. The van der Waals surface area contributed by atoms with Crippen LogP contribution in [0, 0.1) is 17.1 Å². The second-order valence-electron chi connectivity index (χ2n) is 4.68. The summed E-state index contributed by atoms with van der Waals surface area (Å²) in [4.78, 5) is 11.7. The number of rotatable bonds is 4. The fourth-order valence-electron chi connectivity index (χ4n) is 1.77. The standard InChI is InChI=1S/C15H10ClFN2O4S/c1-24(21,22)19-15(20)10-6-11(16)14(7-12(10)17)23-13-5-3-2-4-9(13)8-18/h2-7H,1H3,(H,19,20). The van der Waals surface area contributed by atoms with Gasteiger partial charge in [0.15, 0.2) is 0 Å². The molecule has 124 valence electrons. The molecule has 0 radical (unpaired) electrons. The number of nitriles is 1. The smallest absolute Gasteiger partial charge is 0.267 e. The first-order chi connectivity index (χ1) is 11.2. The van der Waals surface area contributed by atoms with Gasteiger partial charge in [-0.3, -0.25) is 4.79 Å². The van der Waals surface area contributed by atoms with Gasteiger partial charge in [-0.2, -0.15) is 5.26 Å². The van der Waals surface area contributed by atoms with Gasteiger partial charge >= 0.3 is 0 Å². The minimum Gasteiger partial charge on any atom is -0.454 e. The van der Waals surface area contributed by atoms with Gasteiger partial charge in [0.1, 0.15) is 23.4 Å². The van der Waals surface area contributed by atoms with E-state index in [2.05, 4.69) is 0 Å². The van der Waals surface area contributed by atoms with Crippen LogP contribution < -0.4 is 9.46 Å². The Labute approximate surface area is 142 Å². The molecule has 0 spiro atoms. The second-order valence-corrected chi connectivity index (χ2v) is 6.83. The van der Waals surface area contributed by atoms with E-state index >= 15 is 0 Å². The third-order valence-electron chi connectivity index (χ3n) is 2.77. The summed E-state index contributed by atoms with van der Waals surface area (Å²) in [5.74, 6) is -2.13. The number of nitrogens with one attached hydrogen (secondary N) is 1. The highest BCUT2D eigenvalue weighted by atomic mass is 35.5. The van der Waals surface area contributed by atoms with E-state index in [-0.39, 0.29) is 22.1 Å². The number of hydrogen-bond donors (Lipinski definition) is 1. The Balaban J connectivity index is 2.37. The van der Waals surface area contributed by atoms with Crippen molar-refractivity contribution in [1.29, 1.82) is 5.26 Å². The zero-order valence-corrected chi connectivity index (χ0v) is 13.8. The molecule has 0 heterocycles. The summed E-state index contributed by atoms with van der Waals surface area (Å²) in [6.45, 7) is 0. The Bertz CT molecular complexity index is 954. The summed E-state index contributed by atoms with van der Waals surface area (Å²) in [5, 5.41) is 8.88. The molecule has 2 aromatic rings. The molecule has 0 unspecified atom stereocenters. The Morgan fingerprint density at radius 1 is 1.29 bits per heavy atom. The lowest BCUT2D eigenvalue weighted by atomic mass is 10.2. The monoisotopic (exact) mass is 368 g/mol. The van der Waals surface area contributed by atoms with Gasteiger partial charge in [-0.15, -0.1) is 0 Å². The van der Waals surface area contributed by atoms with Gasteiger partial charge in [-0.1, -0.05) is 23.7 Å². The number of sulfonamides is 1. The van der Waals surface area contributed by atoms with Crippen molar-refractivity contribution in [2.45, 2.75) is 0 Å². The number of nitrogens with zero attached hydrogens (tertiary/aromatic N) is 1. The summed E-state index contributed by atoms with van der Waals surface area (Å²) < 4.78 is 43.2. The molecule has 6 nitrogen and oxygen atoms in total. The van der Waals surface area contributed by atoms with E-state index in [1.807, 2.05) is 6.07 Å². The van der Waals surface area contributed by atoms with Crippen molar-refractivity contribution in [2.75, 3.05) is 6.26 Å². The largest absolute Gasteiger partial charge is 0.454 e. The molecular weight excluding hydrogens is 359 g/mol. The van der Waals surface area contributed by atoms with E-state index in [0.717, 1.165) is 18.4 Å². The third kappa shape index (κ3) is 4.22. The van der Waals surface area contributed by atoms with E-state index in [0.29, 0.717) is 0 Å². The maximum Gasteiger partial charge on any atom is 0.267 e. The number of para-hydroxylation sites is 1. The molecular formula is C15H10ClFN2O4S. The highest BCUT2D eigenvalue weighted by molar-refractivity contribution is 7.89. The summed E-state index contributed by atoms with van der Waals surface area (Å²) >= 11 is 5.96. The topological polar surface area (TPSA) is 96.3 Å². The van der Waals surface area contributed by atoms with Gasteiger partial charge in [-0.05, 0) is 18.2 Å².